The van der Waals surface area contributed by atoms with Crippen molar-refractivity contribution in [2.24, 2.45) is 0 Å². The van der Waals surface area contributed by atoms with Crippen LogP contribution in [0.5, 0.6) is 0 Å². The molecule has 2 rings (SSSR count). The lowest BCUT2D eigenvalue weighted by molar-refractivity contribution is -0.138. The number of carboxylic acid groups (broad SMARTS) is 1. The summed E-state index contributed by atoms with van der Waals surface area (Å²) in [5, 5.41) is 12.3. The third-order valence-electron chi connectivity index (χ3n) is 2.83. The normalized spacial score (nSPS) is 20.8. The lowest BCUT2D eigenvalue weighted by Crippen LogP contribution is -2.55. The van der Waals surface area contributed by atoms with Crippen molar-refractivity contribution >= 4 is 11.7 Å². The molecular weight excluding hydrogens is 206 g/mol. The van der Waals surface area contributed by atoms with E-state index in [4.69, 9.17) is 5.11 Å². The van der Waals surface area contributed by atoms with Crippen molar-refractivity contribution in [3.8, 4) is 0 Å². The number of nitrogens with one attached hydrogen (secondary N) is 1. The molecule has 5 nitrogen and oxygen atoms in total. The standard InChI is InChI=1S/C11H15N3O2/c1-8-6-12-3-2-9(8)14-5-4-13-7-10(14)11(15)16/h2-3,6,10,13H,4-5,7H2,1H3,(H,15,16). The van der Waals surface area contributed by atoms with Gasteiger partial charge >= 0.3 is 5.97 Å². The second-order valence-corrected chi connectivity index (χ2v) is 3.91. The van der Waals surface area contributed by atoms with Crippen molar-refractivity contribution < 1.29 is 9.90 Å². The lowest BCUT2D eigenvalue weighted by Gasteiger charge is -2.36. The van der Waals surface area contributed by atoms with Gasteiger partial charge < -0.3 is 15.3 Å². The number of anilines is 1. The number of nitrogens with zero attached hydrogens (tertiary/aromatic N) is 2. The Balaban J connectivity index is 2.30. The van der Waals surface area contributed by atoms with Gasteiger partial charge in [-0.2, -0.15) is 0 Å². The number of aryl methyl sites for hydroxylation is 1. The van der Waals surface area contributed by atoms with E-state index in [-0.39, 0.29) is 0 Å². The summed E-state index contributed by atoms with van der Waals surface area (Å²) in [4.78, 5) is 17.1. The summed E-state index contributed by atoms with van der Waals surface area (Å²) in [6.07, 6.45) is 3.46. The summed E-state index contributed by atoms with van der Waals surface area (Å²) in [6, 6.07) is 1.38. The summed E-state index contributed by atoms with van der Waals surface area (Å²) in [6.45, 7) is 3.95. The molecule has 1 unspecified atom stereocenters. The lowest BCUT2D eigenvalue weighted by atomic mass is 10.1. The molecule has 2 N–H and O–H groups in total. The molecule has 5 heteroatoms. The first kappa shape index (κ1) is 10.9. The van der Waals surface area contributed by atoms with Crippen LogP contribution in [0, 0.1) is 6.92 Å². The van der Waals surface area contributed by atoms with Crippen LogP contribution >= 0.6 is 0 Å². The van der Waals surface area contributed by atoms with E-state index in [2.05, 4.69) is 10.3 Å². The van der Waals surface area contributed by atoms with E-state index in [1.807, 2.05) is 17.9 Å². The van der Waals surface area contributed by atoms with Crippen molar-refractivity contribution in [2.45, 2.75) is 13.0 Å². The average molecular weight is 221 g/mol. The zero-order valence-electron chi connectivity index (χ0n) is 9.18. The highest BCUT2D eigenvalue weighted by Gasteiger charge is 2.29. The number of aliphatic carboxylic acids is 1. The van der Waals surface area contributed by atoms with Crippen LogP contribution in [0.15, 0.2) is 18.5 Å². The first-order chi connectivity index (χ1) is 7.70. The SMILES string of the molecule is Cc1cnccc1N1CCNCC1C(=O)O. The van der Waals surface area contributed by atoms with Crippen molar-refractivity contribution in [3.63, 3.8) is 0 Å². The summed E-state index contributed by atoms with van der Waals surface area (Å²) in [5.74, 6) is -0.789. The second kappa shape index (κ2) is 4.49. The highest BCUT2D eigenvalue weighted by atomic mass is 16.4. The van der Waals surface area contributed by atoms with Gasteiger partial charge in [0.2, 0.25) is 0 Å². The molecule has 0 bridgehead atoms. The monoisotopic (exact) mass is 221 g/mol. The molecule has 1 fully saturated rings. The van der Waals surface area contributed by atoms with E-state index < -0.39 is 12.0 Å². The van der Waals surface area contributed by atoms with E-state index in [0.29, 0.717) is 13.1 Å². The molecule has 0 aromatic carbocycles. The van der Waals surface area contributed by atoms with Gasteiger partial charge in [0.15, 0.2) is 0 Å². The third-order valence-corrected chi connectivity index (χ3v) is 2.83. The van der Waals surface area contributed by atoms with Crippen molar-refractivity contribution in [3.05, 3.63) is 24.0 Å². The number of hydrogen-bond acceptors (Lipinski definition) is 4. The molecular formula is C11H15N3O2. The molecule has 0 amide bonds. The van der Waals surface area contributed by atoms with Crippen LogP contribution in [0.2, 0.25) is 0 Å². The van der Waals surface area contributed by atoms with Gasteiger partial charge in [-0.05, 0) is 18.6 Å². The maximum absolute atomic E-state index is 11.2. The molecule has 86 valence electrons. The van der Waals surface area contributed by atoms with E-state index in [1.54, 1.807) is 12.4 Å². The Bertz CT molecular complexity index is 395. The zero-order chi connectivity index (χ0) is 11.5. The number of carboxylic acids is 1. The van der Waals surface area contributed by atoms with Gasteiger partial charge in [0, 0.05) is 37.7 Å². The van der Waals surface area contributed by atoms with Gasteiger partial charge in [-0.15, -0.1) is 0 Å². The number of aromatic nitrogens is 1. The third kappa shape index (κ3) is 1.99. The number of pyridine rings is 1. The molecule has 16 heavy (non-hydrogen) atoms. The van der Waals surface area contributed by atoms with E-state index >= 15 is 0 Å². The Labute approximate surface area is 94.1 Å². The number of rotatable bonds is 2. The summed E-state index contributed by atoms with van der Waals surface area (Å²) in [5.41, 5.74) is 1.97. The number of hydrogen-bond donors (Lipinski definition) is 2. The first-order valence-electron chi connectivity index (χ1n) is 5.31. The van der Waals surface area contributed by atoms with Gasteiger partial charge in [0.05, 0.1) is 0 Å². The van der Waals surface area contributed by atoms with Crippen LogP contribution < -0.4 is 10.2 Å². The average Bonchev–Trinajstić information content (AvgIpc) is 2.29. The zero-order valence-corrected chi connectivity index (χ0v) is 9.18. The Morgan fingerprint density at radius 2 is 2.50 bits per heavy atom. The Morgan fingerprint density at radius 3 is 3.19 bits per heavy atom. The molecule has 1 aromatic rings. The minimum absolute atomic E-state index is 0.483. The van der Waals surface area contributed by atoms with Crippen molar-refractivity contribution in [1.29, 1.82) is 0 Å². The fourth-order valence-electron chi connectivity index (χ4n) is 2.00. The fourth-order valence-corrected chi connectivity index (χ4v) is 2.00. The van der Waals surface area contributed by atoms with Crippen LogP contribution in [0.4, 0.5) is 5.69 Å². The van der Waals surface area contributed by atoms with Crippen molar-refractivity contribution in [1.82, 2.24) is 10.3 Å². The molecule has 0 spiro atoms. The predicted octanol–water partition coefficient (Wildman–Crippen LogP) is 0.253. The van der Waals surface area contributed by atoms with E-state index in [1.165, 1.54) is 0 Å². The molecule has 2 heterocycles. The Hall–Kier alpha value is -1.62. The van der Waals surface area contributed by atoms with Gasteiger partial charge in [-0.25, -0.2) is 4.79 Å². The van der Waals surface area contributed by atoms with Gasteiger partial charge in [-0.3, -0.25) is 4.98 Å². The molecule has 0 saturated carbocycles. The molecule has 1 saturated heterocycles. The van der Waals surface area contributed by atoms with Crippen LogP contribution in [-0.4, -0.2) is 41.7 Å². The van der Waals surface area contributed by atoms with Crippen LogP contribution in [0.1, 0.15) is 5.56 Å². The molecule has 0 radical (unpaired) electrons. The highest BCUT2D eigenvalue weighted by molar-refractivity contribution is 5.79. The Kier molecular flexibility index (Phi) is 3.05. The largest absolute Gasteiger partial charge is 0.480 e. The molecule has 1 aromatic heterocycles. The van der Waals surface area contributed by atoms with Gasteiger partial charge in [0.25, 0.3) is 0 Å². The van der Waals surface area contributed by atoms with Crippen LogP contribution in [-0.2, 0) is 4.79 Å². The Morgan fingerprint density at radius 1 is 1.69 bits per heavy atom. The minimum atomic E-state index is -0.789. The summed E-state index contributed by atoms with van der Waals surface area (Å²) >= 11 is 0. The minimum Gasteiger partial charge on any atom is -0.480 e. The maximum atomic E-state index is 11.2. The van der Waals surface area contributed by atoms with E-state index in [9.17, 15) is 4.79 Å². The topological polar surface area (TPSA) is 65.5 Å². The summed E-state index contributed by atoms with van der Waals surface area (Å²) in [7, 11) is 0. The molecule has 0 aliphatic carbocycles. The van der Waals surface area contributed by atoms with Gasteiger partial charge in [-0.1, -0.05) is 0 Å². The predicted molar refractivity (Wildman–Crippen MR) is 60.6 cm³/mol. The quantitative estimate of drug-likeness (QED) is 0.749. The molecule has 1 aliphatic rings. The smallest absolute Gasteiger partial charge is 0.327 e. The fraction of sp³-hybridized carbons (Fsp3) is 0.455. The highest BCUT2D eigenvalue weighted by Crippen LogP contribution is 2.21. The number of carbonyl (C=O) groups is 1. The van der Waals surface area contributed by atoms with Gasteiger partial charge in [0.1, 0.15) is 6.04 Å². The van der Waals surface area contributed by atoms with Crippen LogP contribution in [0.3, 0.4) is 0 Å². The van der Waals surface area contributed by atoms with Crippen LogP contribution in [0.25, 0.3) is 0 Å². The number of piperazine rings is 1. The first-order valence-corrected chi connectivity index (χ1v) is 5.31. The maximum Gasteiger partial charge on any atom is 0.327 e. The summed E-state index contributed by atoms with van der Waals surface area (Å²) < 4.78 is 0. The molecule has 1 atom stereocenters. The van der Waals surface area contributed by atoms with Crippen molar-refractivity contribution in [2.75, 3.05) is 24.5 Å². The molecule has 1 aliphatic heterocycles. The van der Waals surface area contributed by atoms with E-state index in [0.717, 1.165) is 17.8 Å². The second-order valence-electron chi connectivity index (χ2n) is 3.91.